The summed E-state index contributed by atoms with van der Waals surface area (Å²) >= 11 is 0. The average Bonchev–Trinajstić information content (AvgIpc) is 2.86. The zero-order valence-electron chi connectivity index (χ0n) is 9.35. The Bertz CT molecular complexity index is 581. The van der Waals surface area contributed by atoms with E-state index in [0.29, 0.717) is 17.2 Å². The number of aromatic amines is 2. The molecular weight excluding hydrogens is 244 g/mol. The standard InChI is InChI=1S/C8H12N6O2S/c1-5-8(6(2)13-12-5)17(15,16)11-3-7-9-4-10-14-7/h4,11H,3H2,1-2H3,(H,12,13)(H,9,10,14). The van der Waals surface area contributed by atoms with Gasteiger partial charge < -0.3 is 0 Å². The Morgan fingerprint density at radius 3 is 2.65 bits per heavy atom. The first kappa shape index (κ1) is 11.7. The second-order valence-corrected chi connectivity index (χ2v) is 5.22. The fourth-order valence-corrected chi connectivity index (χ4v) is 2.84. The lowest BCUT2D eigenvalue weighted by molar-refractivity contribution is 0.578. The molecular formula is C8H12N6O2S. The summed E-state index contributed by atoms with van der Waals surface area (Å²) in [7, 11) is -3.59. The zero-order chi connectivity index (χ0) is 12.5. The third-order valence-corrected chi connectivity index (χ3v) is 3.89. The number of hydrogen-bond acceptors (Lipinski definition) is 5. The molecule has 0 aliphatic rings. The number of aryl methyl sites for hydroxylation is 2. The van der Waals surface area contributed by atoms with Crippen molar-refractivity contribution < 1.29 is 8.42 Å². The van der Waals surface area contributed by atoms with Crippen LogP contribution in [0.4, 0.5) is 0 Å². The van der Waals surface area contributed by atoms with Crippen LogP contribution in [-0.2, 0) is 16.6 Å². The number of aromatic nitrogens is 5. The van der Waals surface area contributed by atoms with Gasteiger partial charge in [-0.2, -0.15) is 10.2 Å². The summed E-state index contributed by atoms with van der Waals surface area (Å²) in [6, 6.07) is 0. The van der Waals surface area contributed by atoms with Crippen LogP contribution in [0.1, 0.15) is 17.2 Å². The number of sulfonamides is 1. The van der Waals surface area contributed by atoms with Crippen LogP contribution in [0.5, 0.6) is 0 Å². The minimum Gasteiger partial charge on any atom is -0.281 e. The second-order valence-electron chi connectivity index (χ2n) is 3.52. The van der Waals surface area contributed by atoms with Gasteiger partial charge in [-0.25, -0.2) is 18.1 Å². The Morgan fingerprint density at radius 1 is 1.35 bits per heavy atom. The second kappa shape index (κ2) is 4.26. The highest BCUT2D eigenvalue weighted by atomic mass is 32.2. The van der Waals surface area contributed by atoms with Gasteiger partial charge in [0.1, 0.15) is 17.0 Å². The van der Waals surface area contributed by atoms with Gasteiger partial charge in [-0.1, -0.05) is 0 Å². The molecule has 0 amide bonds. The highest BCUT2D eigenvalue weighted by molar-refractivity contribution is 7.89. The SMILES string of the molecule is Cc1n[nH]c(C)c1S(=O)(=O)NCc1ncn[nH]1. The summed E-state index contributed by atoms with van der Waals surface area (Å²) in [4.78, 5) is 4.01. The minimum atomic E-state index is -3.59. The van der Waals surface area contributed by atoms with E-state index in [4.69, 9.17) is 0 Å². The molecule has 2 rings (SSSR count). The van der Waals surface area contributed by atoms with Crippen LogP contribution in [0.15, 0.2) is 11.2 Å². The summed E-state index contributed by atoms with van der Waals surface area (Å²) in [5.74, 6) is 0.451. The van der Waals surface area contributed by atoms with Crippen LogP contribution in [0, 0.1) is 13.8 Å². The van der Waals surface area contributed by atoms with Gasteiger partial charge in [0, 0.05) is 0 Å². The molecule has 2 aromatic heterocycles. The Hall–Kier alpha value is -1.74. The predicted octanol–water partition coefficient (Wildman–Crippen LogP) is -0.377. The van der Waals surface area contributed by atoms with Crippen molar-refractivity contribution >= 4 is 10.0 Å². The molecule has 0 bridgehead atoms. The molecule has 0 saturated carbocycles. The molecule has 0 radical (unpaired) electrons. The van der Waals surface area contributed by atoms with Crippen LogP contribution in [0.2, 0.25) is 0 Å². The van der Waals surface area contributed by atoms with Crippen molar-refractivity contribution in [2.75, 3.05) is 0 Å². The molecule has 2 heterocycles. The molecule has 0 fully saturated rings. The molecule has 8 nitrogen and oxygen atoms in total. The molecule has 0 atom stereocenters. The van der Waals surface area contributed by atoms with Crippen LogP contribution in [-0.4, -0.2) is 33.8 Å². The van der Waals surface area contributed by atoms with Gasteiger partial charge in [0.2, 0.25) is 10.0 Å². The first-order valence-corrected chi connectivity index (χ1v) is 6.34. The number of H-pyrrole nitrogens is 2. The molecule has 2 aromatic rings. The molecule has 0 aliphatic carbocycles. The van der Waals surface area contributed by atoms with E-state index in [0.717, 1.165) is 0 Å². The lowest BCUT2D eigenvalue weighted by atomic mass is 10.4. The Morgan fingerprint density at radius 2 is 2.12 bits per heavy atom. The normalized spacial score (nSPS) is 11.9. The largest absolute Gasteiger partial charge is 0.281 e. The van der Waals surface area contributed by atoms with E-state index in [2.05, 4.69) is 30.1 Å². The molecule has 0 aromatic carbocycles. The van der Waals surface area contributed by atoms with Crippen LogP contribution in [0.3, 0.4) is 0 Å². The molecule has 9 heteroatoms. The van der Waals surface area contributed by atoms with E-state index in [-0.39, 0.29) is 11.4 Å². The average molecular weight is 256 g/mol. The number of nitrogens with one attached hydrogen (secondary N) is 3. The monoisotopic (exact) mass is 256 g/mol. The van der Waals surface area contributed by atoms with E-state index in [1.54, 1.807) is 13.8 Å². The molecule has 0 spiro atoms. The topological polar surface area (TPSA) is 116 Å². The lowest BCUT2D eigenvalue weighted by Crippen LogP contribution is -2.24. The van der Waals surface area contributed by atoms with Crippen molar-refractivity contribution in [2.45, 2.75) is 25.3 Å². The summed E-state index contributed by atoms with van der Waals surface area (Å²) in [5.41, 5.74) is 0.945. The first-order valence-electron chi connectivity index (χ1n) is 4.86. The molecule has 0 saturated heterocycles. The summed E-state index contributed by atoms with van der Waals surface area (Å²) in [5, 5.41) is 12.7. The third-order valence-electron chi connectivity index (χ3n) is 2.22. The van der Waals surface area contributed by atoms with Gasteiger partial charge in [-0.3, -0.25) is 10.2 Å². The van der Waals surface area contributed by atoms with Crippen molar-refractivity contribution in [3.05, 3.63) is 23.5 Å². The van der Waals surface area contributed by atoms with E-state index >= 15 is 0 Å². The van der Waals surface area contributed by atoms with Gasteiger partial charge >= 0.3 is 0 Å². The molecule has 0 aliphatic heterocycles. The number of nitrogens with zero attached hydrogens (tertiary/aromatic N) is 3. The fourth-order valence-electron chi connectivity index (χ4n) is 1.49. The van der Waals surface area contributed by atoms with Crippen molar-refractivity contribution in [2.24, 2.45) is 0 Å². The predicted molar refractivity (Wildman–Crippen MR) is 58.5 cm³/mol. The molecule has 3 N–H and O–H groups in total. The minimum absolute atomic E-state index is 0.0619. The van der Waals surface area contributed by atoms with E-state index in [1.165, 1.54) is 6.33 Å². The van der Waals surface area contributed by atoms with E-state index in [1.807, 2.05) is 0 Å². The van der Waals surface area contributed by atoms with Gasteiger partial charge in [0.15, 0.2) is 0 Å². The Labute approximate surface area is 97.9 Å². The first-order chi connectivity index (χ1) is 8.00. The Kier molecular flexibility index (Phi) is 2.94. The Balaban J connectivity index is 2.20. The fraction of sp³-hybridized carbons (Fsp3) is 0.375. The van der Waals surface area contributed by atoms with Crippen LogP contribution in [0.25, 0.3) is 0 Å². The summed E-state index contributed by atoms with van der Waals surface area (Å²) < 4.78 is 26.4. The van der Waals surface area contributed by atoms with Crippen molar-refractivity contribution in [1.29, 1.82) is 0 Å². The highest BCUT2D eigenvalue weighted by Crippen LogP contribution is 2.16. The van der Waals surface area contributed by atoms with Crippen molar-refractivity contribution in [3.8, 4) is 0 Å². The maximum absolute atomic E-state index is 12.0. The highest BCUT2D eigenvalue weighted by Gasteiger charge is 2.21. The zero-order valence-corrected chi connectivity index (χ0v) is 10.2. The maximum Gasteiger partial charge on any atom is 0.244 e. The summed E-state index contributed by atoms with van der Waals surface area (Å²) in [6.07, 6.45) is 1.32. The lowest BCUT2D eigenvalue weighted by Gasteiger charge is -2.04. The molecule has 0 unspecified atom stereocenters. The van der Waals surface area contributed by atoms with Gasteiger partial charge in [0.25, 0.3) is 0 Å². The number of hydrogen-bond donors (Lipinski definition) is 3. The third kappa shape index (κ3) is 2.34. The smallest absolute Gasteiger partial charge is 0.244 e. The summed E-state index contributed by atoms with van der Waals surface area (Å²) in [6.45, 7) is 3.35. The van der Waals surface area contributed by atoms with Crippen molar-refractivity contribution in [3.63, 3.8) is 0 Å². The molecule has 17 heavy (non-hydrogen) atoms. The quantitative estimate of drug-likeness (QED) is 0.689. The van der Waals surface area contributed by atoms with E-state index in [9.17, 15) is 8.42 Å². The van der Waals surface area contributed by atoms with Gasteiger partial charge in [-0.05, 0) is 13.8 Å². The van der Waals surface area contributed by atoms with Crippen LogP contribution < -0.4 is 4.72 Å². The maximum atomic E-state index is 12.0. The van der Waals surface area contributed by atoms with Crippen LogP contribution >= 0.6 is 0 Å². The van der Waals surface area contributed by atoms with Gasteiger partial charge in [0.05, 0.1) is 17.9 Å². The molecule has 92 valence electrons. The number of rotatable bonds is 4. The van der Waals surface area contributed by atoms with Gasteiger partial charge in [-0.15, -0.1) is 0 Å². The van der Waals surface area contributed by atoms with E-state index < -0.39 is 10.0 Å². The van der Waals surface area contributed by atoms with Crippen molar-refractivity contribution in [1.82, 2.24) is 30.1 Å².